The van der Waals surface area contributed by atoms with E-state index in [0.717, 1.165) is 18.2 Å². The van der Waals surface area contributed by atoms with Crippen LogP contribution < -0.4 is 4.74 Å². The van der Waals surface area contributed by atoms with Crippen LogP contribution in [0.3, 0.4) is 0 Å². The summed E-state index contributed by atoms with van der Waals surface area (Å²) in [4.78, 5) is 22.2. The van der Waals surface area contributed by atoms with Crippen LogP contribution in [-0.2, 0) is 0 Å². The van der Waals surface area contributed by atoms with Crippen molar-refractivity contribution in [3.05, 3.63) is 75.6 Å². The SMILES string of the molecule is CC(C)Oc1ccccc1C=CC(=O)c1cc([N+](=O)[O-])ccc1F. The van der Waals surface area contributed by atoms with E-state index >= 15 is 0 Å². The molecule has 24 heavy (non-hydrogen) atoms. The number of ketones is 1. The number of carbonyl (C=O) groups is 1. The summed E-state index contributed by atoms with van der Waals surface area (Å²) in [7, 11) is 0. The molecule has 0 aliphatic rings. The van der Waals surface area contributed by atoms with Gasteiger partial charge < -0.3 is 4.74 Å². The predicted octanol–water partition coefficient (Wildman–Crippen LogP) is 4.42. The maximum atomic E-state index is 13.8. The van der Waals surface area contributed by atoms with Crippen LogP contribution in [0.1, 0.15) is 29.8 Å². The van der Waals surface area contributed by atoms with E-state index in [1.54, 1.807) is 24.3 Å². The third-order valence-corrected chi connectivity index (χ3v) is 3.12. The van der Waals surface area contributed by atoms with E-state index in [2.05, 4.69) is 0 Å². The molecule has 0 saturated heterocycles. The molecule has 0 fully saturated rings. The zero-order chi connectivity index (χ0) is 17.7. The van der Waals surface area contributed by atoms with Crippen molar-refractivity contribution in [1.29, 1.82) is 0 Å². The number of allylic oxidation sites excluding steroid dienone is 1. The Morgan fingerprint density at radius 2 is 1.96 bits per heavy atom. The number of hydrogen-bond donors (Lipinski definition) is 0. The summed E-state index contributed by atoms with van der Waals surface area (Å²) in [5, 5.41) is 10.8. The van der Waals surface area contributed by atoms with E-state index in [1.807, 2.05) is 13.8 Å². The number of rotatable bonds is 6. The van der Waals surface area contributed by atoms with E-state index in [1.165, 1.54) is 12.2 Å². The van der Waals surface area contributed by atoms with Gasteiger partial charge in [0.15, 0.2) is 5.78 Å². The largest absolute Gasteiger partial charge is 0.490 e. The van der Waals surface area contributed by atoms with E-state index < -0.39 is 16.5 Å². The molecule has 2 aromatic carbocycles. The molecule has 0 saturated carbocycles. The molecular formula is C18H16FNO4. The maximum Gasteiger partial charge on any atom is 0.270 e. The molecule has 2 aromatic rings. The Morgan fingerprint density at radius 3 is 2.62 bits per heavy atom. The smallest absolute Gasteiger partial charge is 0.270 e. The lowest BCUT2D eigenvalue weighted by molar-refractivity contribution is -0.384. The molecule has 0 unspecified atom stereocenters. The first-order valence-electron chi connectivity index (χ1n) is 7.30. The first-order chi connectivity index (χ1) is 11.4. The number of benzene rings is 2. The first kappa shape index (κ1) is 17.3. The van der Waals surface area contributed by atoms with Crippen LogP contribution in [0.5, 0.6) is 5.75 Å². The highest BCUT2D eigenvalue weighted by Gasteiger charge is 2.15. The molecule has 5 nitrogen and oxygen atoms in total. The van der Waals surface area contributed by atoms with Crippen molar-refractivity contribution in [3.63, 3.8) is 0 Å². The number of halogens is 1. The monoisotopic (exact) mass is 329 g/mol. The molecule has 0 heterocycles. The zero-order valence-electron chi connectivity index (χ0n) is 13.2. The van der Waals surface area contributed by atoms with Gasteiger partial charge in [-0.2, -0.15) is 0 Å². The zero-order valence-corrected chi connectivity index (χ0v) is 13.2. The molecule has 0 aromatic heterocycles. The maximum absolute atomic E-state index is 13.8. The fraction of sp³-hybridized carbons (Fsp3) is 0.167. The van der Waals surface area contributed by atoms with Gasteiger partial charge in [-0.25, -0.2) is 4.39 Å². The number of non-ortho nitro benzene ring substituents is 1. The van der Waals surface area contributed by atoms with Gasteiger partial charge in [0.25, 0.3) is 5.69 Å². The highest BCUT2D eigenvalue weighted by molar-refractivity contribution is 6.07. The average molecular weight is 329 g/mol. The molecule has 0 aliphatic heterocycles. The molecule has 0 N–H and O–H groups in total. The minimum absolute atomic E-state index is 0.0375. The first-order valence-corrected chi connectivity index (χ1v) is 7.30. The van der Waals surface area contributed by atoms with E-state index in [9.17, 15) is 19.3 Å². The van der Waals surface area contributed by atoms with Gasteiger partial charge in [-0.15, -0.1) is 0 Å². The molecule has 0 bridgehead atoms. The Hall–Kier alpha value is -3.02. The summed E-state index contributed by atoms with van der Waals surface area (Å²) in [6.07, 6.45) is 2.63. The second-order valence-corrected chi connectivity index (χ2v) is 5.32. The Morgan fingerprint density at radius 1 is 1.25 bits per heavy atom. The van der Waals surface area contributed by atoms with Crippen LogP contribution in [0, 0.1) is 15.9 Å². The minimum atomic E-state index is -0.804. The Kier molecular flexibility index (Phi) is 5.42. The predicted molar refractivity (Wildman–Crippen MR) is 88.6 cm³/mol. The van der Waals surface area contributed by atoms with Crippen LogP contribution >= 0.6 is 0 Å². The van der Waals surface area contributed by atoms with Crippen molar-refractivity contribution in [3.8, 4) is 5.75 Å². The number of hydrogen-bond acceptors (Lipinski definition) is 4. The quantitative estimate of drug-likeness (QED) is 0.340. The van der Waals surface area contributed by atoms with Gasteiger partial charge >= 0.3 is 0 Å². The Bertz CT molecular complexity index is 799. The lowest BCUT2D eigenvalue weighted by atomic mass is 10.1. The van der Waals surface area contributed by atoms with E-state index in [-0.39, 0.29) is 17.4 Å². The molecule has 0 aliphatic carbocycles. The summed E-state index contributed by atoms with van der Waals surface area (Å²) in [5.41, 5.74) is -0.0233. The van der Waals surface area contributed by atoms with Crippen molar-refractivity contribution in [2.75, 3.05) is 0 Å². The molecule has 0 spiro atoms. The Balaban J connectivity index is 2.29. The number of nitro groups is 1. The van der Waals surface area contributed by atoms with Crippen LogP contribution in [0.15, 0.2) is 48.5 Å². The van der Waals surface area contributed by atoms with Gasteiger partial charge in [0.05, 0.1) is 16.6 Å². The standard InChI is InChI=1S/C18H16FNO4/c1-12(2)24-18-6-4-3-5-13(18)7-10-17(21)15-11-14(20(22)23)8-9-16(15)19/h3-12H,1-2H3. The van der Waals surface area contributed by atoms with Crippen molar-refractivity contribution in [1.82, 2.24) is 0 Å². The summed E-state index contributed by atoms with van der Waals surface area (Å²) in [6, 6.07) is 9.96. The minimum Gasteiger partial charge on any atom is -0.490 e. The number of nitro benzene ring substituents is 1. The van der Waals surface area contributed by atoms with Gasteiger partial charge in [0.2, 0.25) is 0 Å². The van der Waals surface area contributed by atoms with Crippen LogP contribution in [0.4, 0.5) is 10.1 Å². The fourth-order valence-corrected chi connectivity index (χ4v) is 2.05. The second-order valence-electron chi connectivity index (χ2n) is 5.32. The summed E-state index contributed by atoms with van der Waals surface area (Å²) in [6.45, 7) is 3.76. The van der Waals surface area contributed by atoms with Gasteiger partial charge in [0, 0.05) is 17.7 Å². The van der Waals surface area contributed by atoms with Crippen molar-refractivity contribution in [2.24, 2.45) is 0 Å². The van der Waals surface area contributed by atoms with Crippen molar-refractivity contribution >= 4 is 17.5 Å². The van der Waals surface area contributed by atoms with Gasteiger partial charge in [-0.05, 0) is 38.1 Å². The summed E-state index contributed by atoms with van der Waals surface area (Å²) < 4.78 is 19.4. The van der Waals surface area contributed by atoms with E-state index in [0.29, 0.717) is 11.3 Å². The van der Waals surface area contributed by atoms with Crippen LogP contribution in [0.2, 0.25) is 0 Å². The normalized spacial score (nSPS) is 11.0. The van der Waals surface area contributed by atoms with Crippen molar-refractivity contribution in [2.45, 2.75) is 20.0 Å². The topological polar surface area (TPSA) is 69.4 Å². The highest BCUT2D eigenvalue weighted by Crippen LogP contribution is 2.22. The molecule has 0 atom stereocenters. The number of carbonyl (C=O) groups excluding carboxylic acids is 1. The fourth-order valence-electron chi connectivity index (χ4n) is 2.05. The van der Waals surface area contributed by atoms with E-state index in [4.69, 9.17) is 4.74 Å². The summed E-state index contributed by atoms with van der Waals surface area (Å²) in [5.74, 6) is -0.867. The highest BCUT2D eigenvalue weighted by atomic mass is 19.1. The third kappa shape index (κ3) is 4.25. The van der Waals surface area contributed by atoms with Crippen LogP contribution in [0.25, 0.3) is 6.08 Å². The Labute approximate surface area is 138 Å². The lowest BCUT2D eigenvalue weighted by Crippen LogP contribution is -2.06. The van der Waals surface area contributed by atoms with Gasteiger partial charge in [-0.3, -0.25) is 14.9 Å². The molecule has 2 rings (SSSR count). The third-order valence-electron chi connectivity index (χ3n) is 3.12. The molecule has 124 valence electrons. The average Bonchev–Trinajstić information content (AvgIpc) is 2.53. The molecule has 0 radical (unpaired) electrons. The molecule has 6 heteroatoms. The second kappa shape index (κ2) is 7.50. The summed E-state index contributed by atoms with van der Waals surface area (Å²) >= 11 is 0. The van der Waals surface area contributed by atoms with Crippen LogP contribution in [-0.4, -0.2) is 16.8 Å². The number of para-hydroxylation sites is 1. The van der Waals surface area contributed by atoms with Crippen molar-refractivity contribution < 1.29 is 18.8 Å². The molecule has 0 amide bonds. The van der Waals surface area contributed by atoms with Gasteiger partial charge in [-0.1, -0.05) is 18.2 Å². The number of nitrogens with zero attached hydrogens (tertiary/aromatic N) is 1. The number of ether oxygens (including phenoxy) is 1. The van der Waals surface area contributed by atoms with Gasteiger partial charge in [0.1, 0.15) is 11.6 Å². The lowest BCUT2D eigenvalue weighted by Gasteiger charge is -2.11. The molecular weight excluding hydrogens is 313 g/mol.